The van der Waals surface area contributed by atoms with Crippen molar-refractivity contribution in [2.75, 3.05) is 27.9 Å². The zero-order valence-electron chi connectivity index (χ0n) is 14.1. The van der Waals surface area contributed by atoms with Crippen LogP contribution in [0.1, 0.15) is 29.3 Å². The van der Waals surface area contributed by atoms with Gasteiger partial charge in [0.05, 0.1) is 32.8 Å². The van der Waals surface area contributed by atoms with Gasteiger partial charge in [0.1, 0.15) is 0 Å². The molecule has 0 aromatic heterocycles. The number of hydrogen-bond donors (Lipinski definition) is 2. The summed E-state index contributed by atoms with van der Waals surface area (Å²) >= 11 is 0. The van der Waals surface area contributed by atoms with E-state index in [-0.39, 0.29) is 13.0 Å². The number of methoxy groups -OCH3 is 3. The molecule has 1 aromatic rings. The van der Waals surface area contributed by atoms with E-state index in [1.165, 1.54) is 21.3 Å². The first-order chi connectivity index (χ1) is 10.8. The minimum Gasteiger partial charge on any atom is -0.493 e. The Morgan fingerprint density at radius 2 is 1.74 bits per heavy atom. The molecule has 0 saturated heterocycles. The fourth-order valence-corrected chi connectivity index (χ4v) is 2.35. The van der Waals surface area contributed by atoms with Crippen LogP contribution in [0.5, 0.6) is 11.5 Å². The van der Waals surface area contributed by atoms with Crippen molar-refractivity contribution in [3.8, 4) is 11.5 Å². The van der Waals surface area contributed by atoms with Gasteiger partial charge in [-0.3, -0.25) is 9.59 Å². The summed E-state index contributed by atoms with van der Waals surface area (Å²) in [5, 5.41) is 11.8. The number of amides is 1. The molecule has 2 N–H and O–H groups in total. The largest absolute Gasteiger partial charge is 0.493 e. The second-order valence-corrected chi connectivity index (χ2v) is 5.54. The van der Waals surface area contributed by atoms with E-state index in [1.807, 2.05) is 0 Å². The number of hydrogen-bond acceptors (Lipinski definition) is 5. The fourth-order valence-electron chi connectivity index (χ4n) is 2.35. The molecule has 0 aliphatic carbocycles. The van der Waals surface area contributed by atoms with Gasteiger partial charge >= 0.3 is 5.97 Å². The van der Waals surface area contributed by atoms with Crippen molar-refractivity contribution in [3.63, 3.8) is 0 Å². The van der Waals surface area contributed by atoms with E-state index >= 15 is 0 Å². The Hall–Kier alpha value is -2.28. The molecule has 0 bridgehead atoms. The lowest BCUT2D eigenvalue weighted by atomic mass is 9.97. The Kier molecular flexibility index (Phi) is 6.38. The summed E-state index contributed by atoms with van der Waals surface area (Å²) in [4.78, 5) is 23.6. The first kappa shape index (κ1) is 18.8. The van der Waals surface area contributed by atoms with E-state index in [4.69, 9.17) is 19.3 Å². The predicted octanol–water partition coefficient (Wildman–Crippen LogP) is 1.62. The molecule has 1 amide bonds. The fraction of sp³-hybridized carbons (Fsp3) is 0.500. The minimum atomic E-state index is -1.02. The summed E-state index contributed by atoms with van der Waals surface area (Å²) in [6.45, 7) is 3.47. The van der Waals surface area contributed by atoms with Gasteiger partial charge in [0.2, 0.25) is 0 Å². The van der Waals surface area contributed by atoms with Crippen LogP contribution >= 0.6 is 0 Å². The van der Waals surface area contributed by atoms with Gasteiger partial charge in [0.15, 0.2) is 11.5 Å². The van der Waals surface area contributed by atoms with E-state index in [0.29, 0.717) is 22.6 Å². The molecular weight excluding hydrogens is 302 g/mol. The standard InChI is InChI=1S/C16H23NO6/c1-10-6-12(22-4)13(23-5)7-11(10)15(20)17-16(2,9-21-3)8-14(18)19/h6-7H,8-9H2,1-5H3,(H,17,20)(H,18,19). The minimum absolute atomic E-state index is 0.0807. The summed E-state index contributed by atoms with van der Waals surface area (Å²) in [6, 6.07) is 3.26. The second-order valence-electron chi connectivity index (χ2n) is 5.54. The van der Waals surface area contributed by atoms with Crippen LogP contribution in [0, 0.1) is 6.92 Å². The third kappa shape index (κ3) is 4.85. The summed E-state index contributed by atoms with van der Waals surface area (Å²) in [5.41, 5.74) is 0.0580. The maximum Gasteiger partial charge on any atom is 0.305 e. The number of carbonyl (C=O) groups is 2. The Bertz CT molecular complexity index is 586. The molecule has 1 unspecified atom stereocenters. The third-order valence-electron chi connectivity index (χ3n) is 3.39. The lowest BCUT2D eigenvalue weighted by molar-refractivity contribution is -0.139. The van der Waals surface area contributed by atoms with Crippen molar-refractivity contribution in [1.29, 1.82) is 0 Å². The molecule has 1 aromatic carbocycles. The Morgan fingerprint density at radius 3 is 2.22 bits per heavy atom. The summed E-state index contributed by atoms with van der Waals surface area (Å²) < 4.78 is 15.4. The molecule has 1 atom stereocenters. The molecular formula is C16H23NO6. The SMILES string of the molecule is COCC(C)(CC(=O)O)NC(=O)c1cc(OC)c(OC)cc1C. The number of aryl methyl sites for hydroxylation is 1. The van der Waals surface area contributed by atoms with Gasteiger partial charge in [-0.15, -0.1) is 0 Å². The number of nitrogens with one attached hydrogen (secondary N) is 1. The zero-order chi connectivity index (χ0) is 17.6. The summed E-state index contributed by atoms with van der Waals surface area (Å²) in [7, 11) is 4.45. The van der Waals surface area contributed by atoms with E-state index in [1.54, 1.807) is 26.0 Å². The molecule has 0 fully saturated rings. The molecule has 1 rings (SSSR count). The number of carboxylic acids is 1. The maximum absolute atomic E-state index is 12.5. The quantitative estimate of drug-likeness (QED) is 0.754. The summed E-state index contributed by atoms with van der Waals surface area (Å²) in [5.74, 6) is -0.472. The average Bonchev–Trinajstić information content (AvgIpc) is 2.45. The van der Waals surface area contributed by atoms with Crippen molar-refractivity contribution in [2.24, 2.45) is 0 Å². The monoisotopic (exact) mass is 325 g/mol. The molecule has 0 heterocycles. The molecule has 7 heteroatoms. The average molecular weight is 325 g/mol. The number of ether oxygens (including phenoxy) is 3. The predicted molar refractivity (Wildman–Crippen MR) is 84.3 cm³/mol. The van der Waals surface area contributed by atoms with Gasteiger partial charge in [-0.05, 0) is 31.5 Å². The highest BCUT2D eigenvalue weighted by Gasteiger charge is 2.30. The van der Waals surface area contributed by atoms with Crippen LogP contribution < -0.4 is 14.8 Å². The molecule has 7 nitrogen and oxygen atoms in total. The highest BCUT2D eigenvalue weighted by Crippen LogP contribution is 2.30. The normalized spacial score (nSPS) is 13.1. The molecule has 0 spiro atoms. The van der Waals surface area contributed by atoms with Crippen molar-refractivity contribution in [1.82, 2.24) is 5.32 Å². The number of rotatable bonds is 8. The van der Waals surface area contributed by atoms with E-state index in [2.05, 4.69) is 5.32 Å². The van der Waals surface area contributed by atoms with Gasteiger partial charge in [-0.1, -0.05) is 0 Å². The molecule has 23 heavy (non-hydrogen) atoms. The molecule has 0 aliphatic rings. The van der Waals surface area contributed by atoms with E-state index in [0.717, 1.165) is 0 Å². The van der Waals surface area contributed by atoms with E-state index in [9.17, 15) is 9.59 Å². The highest BCUT2D eigenvalue weighted by molar-refractivity contribution is 5.97. The van der Waals surface area contributed by atoms with Gasteiger partial charge in [0, 0.05) is 12.7 Å². The van der Waals surface area contributed by atoms with Gasteiger partial charge < -0.3 is 24.6 Å². The first-order valence-electron chi connectivity index (χ1n) is 7.02. The molecule has 0 radical (unpaired) electrons. The van der Waals surface area contributed by atoms with Gasteiger partial charge in [-0.2, -0.15) is 0 Å². The Labute approximate surface area is 135 Å². The van der Waals surface area contributed by atoms with Crippen molar-refractivity contribution in [2.45, 2.75) is 25.8 Å². The van der Waals surface area contributed by atoms with Crippen LogP contribution in [-0.4, -0.2) is 50.5 Å². The number of carbonyl (C=O) groups excluding carboxylic acids is 1. The lowest BCUT2D eigenvalue weighted by Crippen LogP contribution is -2.50. The third-order valence-corrected chi connectivity index (χ3v) is 3.39. The lowest BCUT2D eigenvalue weighted by Gasteiger charge is -2.29. The smallest absolute Gasteiger partial charge is 0.305 e. The van der Waals surface area contributed by atoms with Crippen molar-refractivity contribution in [3.05, 3.63) is 23.3 Å². The van der Waals surface area contributed by atoms with E-state index < -0.39 is 17.4 Å². The maximum atomic E-state index is 12.5. The Morgan fingerprint density at radius 1 is 1.17 bits per heavy atom. The topological polar surface area (TPSA) is 94.1 Å². The zero-order valence-corrected chi connectivity index (χ0v) is 14.1. The molecule has 128 valence electrons. The summed E-state index contributed by atoms with van der Waals surface area (Å²) in [6.07, 6.45) is -0.251. The van der Waals surface area contributed by atoms with Crippen LogP contribution in [0.4, 0.5) is 0 Å². The van der Waals surface area contributed by atoms with Crippen molar-refractivity contribution >= 4 is 11.9 Å². The van der Waals surface area contributed by atoms with Crippen LogP contribution in [0.15, 0.2) is 12.1 Å². The van der Waals surface area contributed by atoms with Crippen LogP contribution in [0.25, 0.3) is 0 Å². The molecule has 0 saturated carbocycles. The van der Waals surface area contributed by atoms with Crippen LogP contribution in [-0.2, 0) is 9.53 Å². The van der Waals surface area contributed by atoms with Gasteiger partial charge in [-0.25, -0.2) is 0 Å². The van der Waals surface area contributed by atoms with Gasteiger partial charge in [0.25, 0.3) is 5.91 Å². The number of carboxylic acid groups (broad SMARTS) is 1. The Balaban J connectivity index is 3.10. The second kappa shape index (κ2) is 7.82. The number of aliphatic carboxylic acids is 1. The van der Waals surface area contributed by atoms with Crippen LogP contribution in [0.3, 0.4) is 0 Å². The highest BCUT2D eigenvalue weighted by atomic mass is 16.5. The molecule has 0 aliphatic heterocycles. The first-order valence-corrected chi connectivity index (χ1v) is 7.02. The number of benzene rings is 1. The van der Waals surface area contributed by atoms with Crippen molar-refractivity contribution < 1.29 is 28.9 Å². The van der Waals surface area contributed by atoms with Crippen LogP contribution in [0.2, 0.25) is 0 Å².